The number of amides is 1. The standard InChI is InChI=1S/C25H27N3O3/c1-3-13-28-14-12-22-19(15-28)24(18-9-5-7-11-21(18)26-22)25(30)31-16-23(29)27-20-10-6-4-8-17(20)2/h4-11H,3,12-16H2,1-2H3,(H,27,29). The van der Waals surface area contributed by atoms with E-state index in [1.54, 1.807) is 0 Å². The molecule has 0 unspecified atom stereocenters. The van der Waals surface area contributed by atoms with Crippen LogP contribution in [0.1, 0.15) is 40.5 Å². The van der Waals surface area contributed by atoms with Gasteiger partial charge in [0.2, 0.25) is 0 Å². The Morgan fingerprint density at radius 1 is 1.13 bits per heavy atom. The third-order valence-electron chi connectivity index (χ3n) is 5.62. The number of aromatic nitrogens is 1. The van der Waals surface area contributed by atoms with Gasteiger partial charge in [0.15, 0.2) is 6.61 Å². The molecule has 0 spiro atoms. The summed E-state index contributed by atoms with van der Waals surface area (Å²) in [6.07, 6.45) is 1.85. The predicted molar refractivity (Wildman–Crippen MR) is 121 cm³/mol. The van der Waals surface area contributed by atoms with Gasteiger partial charge in [-0.05, 0) is 37.6 Å². The molecular weight excluding hydrogens is 390 g/mol. The third-order valence-corrected chi connectivity index (χ3v) is 5.62. The zero-order valence-corrected chi connectivity index (χ0v) is 18.0. The zero-order valence-electron chi connectivity index (χ0n) is 18.0. The van der Waals surface area contributed by atoms with Gasteiger partial charge in [-0.25, -0.2) is 4.79 Å². The summed E-state index contributed by atoms with van der Waals surface area (Å²) in [4.78, 5) is 32.7. The average molecular weight is 418 g/mol. The number of pyridine rings is 1. The second-order valence-corrected chi connectivity index (χ2v) is 7.89. The van der Waals surface area contributed by atoms with Crippen LogP contribution in [0.5, 0.6) is 0 Å². The first-order valence-corrected chi connectivity index (χ1v) is 10.7. The Kier molecular flexibility index (Phi) is 6.28. The highest BCUT2D eigenvalue weighted by Gasteiger charge is 2.26. The molecule has 0 saturated carbocycles. The minimum absolute atomic E-state index is 0.336. The van der Waals surface area contributed by atoms with Crippen molar-refractivity contribution in [2.75, 3.05) is 25.0 Å². The molecule has 0 radical (unpaired) electrons. The van der Waals surface area contributed by atoms with Crippen LogP contribution in [0, 0.1) is 6.92 Å². The quantitative estimate of drug-likeness (QED) is 0.611. The number of nitrogens with one attached hydrogen (secondary N) is 1. The molecule has 4 rings (SSSR count). The number of benzene rings is 2. The van der Waals surface area contributed by atoms with E-state index in [-0.39, 0.29) is 12.5 Å². The van der Waals surface area contributed by atoms with Crippen molar-refractivity contribution in [3.8, 4) is 0 Å². The van der Waals surface area contributed by atoms with E-state index in [1.807, 2.05) is 55.5 Å². The van der Waals surface area contributed by atoms with Gasteiger partial charge in [-0.3, -0.25) is 14.7 Å². The first-order chi connectivity index (χ1) is 15.1. The Balaban J connectivity index is 1.57. The summed E-state index contributed by atoms with van der Waals surface area (Å²) in [7, 11) is 0. The number of hydrogen-bond acceptors (Lipinski definition) is 5. The van der Waals surface area contributed by atoms with E-state index in [4.69, 9.17) is 9.72 Å². The normalized spacial score (nSPS) is 13.6. The molecule has 0 atom stereocenters. The summed E-state index contributed by atoms with van der Waals surface area (Å²) in [5.74, 6) is -0.837. The molecule has 0 aliphatic carbocycles. The molecule has 1 aromatic heterocycles. The third kappa shape index (κ3) is 4.59. The van der Waals surface area contributed by atoms with Crippen LogP contribution in [0.2, 0.25) is 0 Å². The maximum Gasteiger partial charge on any atom is 0.339 e. The molecule has 2 heterocycles. The van der Waals surface area contributed by atoms with Crippen molar-refractivity contribution in [2.45, 2.75) is 33.2 Å². The molecule has 1 N–H and O–H groups in total. The van der Waals surface area contributed by atoms with Gasteiger partial charge in [0.05, 0.1) is 11.1 Å². The van der Waals surface area contributed by atoms with Crippen LogP contribution in [0.15, 0.2) is 48.5 Å². The Labute approximate surface area is 182 Å². The summed E-state index contributed by atoms with van der Waals surface area (Å²) >= 11 is 0. The molecule has 2 aromatic carbocycles. The molecule has 6 heteroatoms. The largest absolute Gasteiger partial charge is 0.452 e. The fourth-order valence-electron chi connectivity index (χ4n) is 4.09. The molecule has 31 heavy (non-hydrogen) atoms. The number of para-hydroxylation sites is 2. The Morgan fingerprint density at radius 3 is 2.71 bits per heavy atom. The number of ether oxygens (including phenoxy) is 1. The van der Waals surface area contributed by atoms with Crippen molar-refractivity contribution in [2.24, 2.45) is 0 Å². The van der Waals surface area contributed by atoms with Gasteiger partial charge in [0, 0.05) is 41.8 Å². The van der Waals surface area contributed by atoms with Crippen LogP contribution in [0.25, 0.3) is 10.9 Å². The number of carbonyl (C=O) groups excluding carboxylic acids is 2. The van der Waals surface area contributed by atoms with Crippen LogP contribution in [-0.4, -0.2) is 41.5 Å². The van der Waals surface area contributed by atoms with Crippen molar-refractivity contribution < 1.29 is 14.3 Å². The summed E-state index contributed by atoms with van der Waals surface area (Å²) in [5.41, 5.74) is 4.84. The van der Waals surface area contributed by atoms with Gasteiger partial charge in [0.25, 0.3) is 5.91 Å². The fourth-order valence-corrected chi connectivity index (χ4v) is 4.09. The minimum Gasteiger partial charge on any atom is -0.452 e. The van der Waals surface area contributed by atoms with Gasteiger partial charge < -0.3 is 10.1 Å². The Hall–Kier alpha value is -3.25. The predicted octanol–water partition coefficient (Wildman–Crippen LogP) is 4.11. The van der Waals surface area contributed by atoms with E-state index in [1.165, 1.54) is 0 Å². The van der Waals surface area contributed by atoms with Crippen LogP contribution < -0.4 is 5.32 Å². The monoisotopic (exact) mass is 417 g/mol. The van der Waals surface area contributed by atoms with Gasteiger partial charge in [0.1, 0.15) is 0 Å². The maximum atomic E-state index is 13.2. The molecule has 3 aromatic rings. The number of aryl methyl sites for hydroxylation is 1. The smallest absolute Gasteiger partial charge is 0.339 e. The van der Waals surface area contributed by atoms with Crippen LogP contribution in [0.4, 0.5) is 5.69 Å². The van der Waals surface area contributed by atoms with E-state index in [0.717, 1.165) is 53.7 Å². The molecule has 1 amide bonds. The fraction of sp³-hybridized carbons (Fsp3) is 0.320. The second kappa shape index (κ2) is 9.27. The number of rotatable bonds is 6. The SMILES string of the molecule is CCCN1CCc2nc3ccccc3c(C(=O)OCC(=O)Nc3ccccc3C)c2C1. The highest BCUT2D eigenvalue weighted by Crippen LogP contribution is 2.29. The zero-order chi connectivity index (χ0) is 21.8. The Bertz CT molecular complexity index is 1130. The first-order valence-electron chi connectivity index (χ1n) is 10.7. The van der Waals surface area contributed by atoms with Crippen molar-refractivity contribution in [1.82, 2.24) is 9.88 Å². The van der Waals surface area contributed by atoms with Crippen molar-refractivity contribution in [3.05, 3.63) is 70.9 Å². The summed E-state index contributed by atoms with van der Waals surface area (Å²) < 4.78 is 5.47. The number of fused-ring (bicyclic) bond motifs is 2. The molecule has 0 saturated heterocycles. The van der Waals surface area contributed by atoms with Crippen LogP contribution in [0.3, 0.4) is 0 Å². The summed E-state index contributed by atoms with van der Waals surface area (Å²) in [5, 5.41) is 3.57. The molecule has 6 nitrogen and oxygen atoms in total. The van der Waals surface area contributed by atoms with E-state index < -0.39 is 5.97 Å². The number of esters is 1. The molecule has 1 aliphatic heterocycles. The highest BCUT2D eigenvalue weighted by atomic mass is 16.5. The lowest BCUT2D eigenvalue weighted by molar-refractivity contribution is -0.119. The van der Waals surface area contributed by atoms with E-state index in [9.17, 15) is 9.59 Å². The van der Waals surface area contributed by atoms with Gasteiger partial charge in [-0.1, -0.05) is 43.3 Å². The highest BCUT2D eigenvalue weighted by molar-refractivity contribution is 6.06. The van der Waals surface area contributed by atoms with Gasteiger partial charge >= 0.3 is 5.97 Å². The topological polar surface area (TPSA) is 71.5 Å². The first kappa shape index (κ1) is 21.0. The van der Waals surface area contributed by atoms with Crippen molar-refractivity contribution >= 4 is 28.5 Å². The van der Waals surface area contributed by atoms with Crippen molar-refractivity contribution in [3.63, 3.8) is 0 Å². The average Bonchev–Trinajstić information content (AvgIpc) is 2.77. The lowest BCUT2D eigenvalue weighted by atomic mass is 9.95. The number of anilines is 1. The lowest BCUT2D eigenvalue weighted by Gasteiger charge is -2.29. The summed E-state index contributed by atoms with van der Waals surface area (Å²) in [6.45, 7) is 6.30. The van der Waals surface area contributed by atoms with E-state index in [0.29, 0.717) is 17.8 Å². The maximum absolute atomic E-state index is 13.2. The molecule has 0 bridgehead atoms. The molecule has 0 fully saturated rings. The second-order valence-electron chi connectivity index (χ2n) is 7.89. The van der Waals surface area contributed by atoms with Crippen LogP contribution >= 0.6 is 0 Å². The molecule has 160 valence electrons. The number of hydrogen-bond donors (Lipinski definition) is 1. The molecule has 1 aliphatic rings. The number of nitrogens with zero attached hydrogens (tertiary/aromatic N) is 2. The lowest BCUT2D eigenvalue weighted by Crippen LogP contribution is -2.33. The van der Waals surface area contributed by atoms with E-state index in [2.05, 4.69) is 17.1 Å². The van der Waals surface area contributed by atoms with E-state index >= 15 is 0 Å². The molecular formula is C25H27N3O3. The van der Waals surface area contributed by atoms with Gasteiger partial charge in [-0.15, -0.1) is 0 Å². The van der Waals surface area contributed by atoms with Crippen molar-refractivity contribution in [1.29, 1.82) is 0 Å². The minimum atomic E-state index is -0.479. The number of carbonyl (C=O) groups is 2. The summed E-state index contributed by atoms with van der Waals surface area (Å²) in [6, 6.07) is 15.1. The van der Waals surface area contributed by atoms with Gasteiger partial charge in [-0.2, -0.15) is 0 Å². The van der Waals surface area contributed by atoms with Crippen LogP contribution in [-0.2, 0) is 22.5 Å². The Morgan fingerprint density at radius 2 is 1.90 bits per heavy atom.